The monoisotopic (exact) mass is 339 g/mol. The molecule has 0 saturated heterocycles. The average molecular weight is 340 g/mol. The van der Waals surface area contributed by atoms with Gasteiger partial charge in [0.15, 0.2) is 12.0 Å². The summed E-state index contributed by atoms with van der Waals surface area (Å²) >= 11 is 11.8. The van der Waals surface area contributed by atoms with Crippen LogP contribution in [0.15, 0.2) is 48.5 Å². The first-order valence-electron chi connectivity index (χ1n) is 6.45. The quantitative estimate of drug-likeness (QED) is 0.610. The Labute approximate surface area is 137 Å². The van der Waals surface area contributed by atoms with Gasteiger partial charge in [-0.3, -0.25) is 9.59 Å². The standard InChI is InChI=1S/C16H12Cl2FNO2/c1-10(19)16(22)20(18)14-8-7-12(17)9-13(14)15(21)11-5-3-2-4-6-11/h2-10H,1H3. The summed E-state index contributed by atoms with van der Waals surface area (Å²) in [7, 11) is 0. The summed E-state index contributed by atoms with van der Waals surface area (Å²) in [4.78, 5) is 24.3. The Morgan fingerprint density at radius 3 is 2.36 bits per heavy atom. The lowest BCUT2D eigenvalue weighted by molar-refractivity contribution is -0.121. The molecule has 0 heterocycles. The number of benzene rings is 2. The van der Waals surface area contributed by atoms with Crippen LogP contribution in [0.1, 0.15) is 22.8 Å². The number of hydrogen-bond acceptors (Lipinski definition) is 2. The van der Waals surface area contributed by atoms with Crippen molar-refractivity contribution in [2.75, 3.05) is 4.42 Å². The van der Waals surface area contributed by atoms with Gasteiger partial charge in [-0.1, -0.05) is 41.9 Å². The largest absolute Gasteiger partial charge is 0.289 e. The highest BCUT2D eigenvalue weighted by molar-refractivity contribution is 6.39. The second-order valence-corrected chi connectivity index (χ2v) is 5.37. The van der Waals surface area contributed by atoms with Crippen molar-refractivity contribution in [1.29, 1.82) is 0 Å². The number of ketones is 1. The number of amides is 1. The van der Waals surface area contributed by atoms with E-state index >= 15 is 0 Å². The van der Waals surface area contributed by atoms with E-state index < -0.39 is 12.1 Å². The third-order valence-electron chi connectivity index (χ3n) is 2.98. The number of carbonyl (C=O) groups is 2. The fourth-order valence-corrected chi connectivity index (χ4v) is 2.34. The smallest absolute Gasteiger partial charge is 0.275 e. The molecule has 0 spiro atoms. The average Bonchev–Trinajstić information content (AvgIpc) is 2.53. The first-order valence-corrected chi connectivity index (χ1v) is 7.16. The van der Waals surface area contributed by atoms with Gasteiger partial charge in [-0.15, -0.1) is 0 Å². The van der Waals surface area contributed by atoms with Crippen molar-refractivity contribution < 1.29 is 14.0 Å². The van der Waals surface area contributed by atoms with Crippen LogP contribution in [0.25, 0.3) is 0 Å². The summed E-state index contributed by atoms with van der Waals surface area (Å²) in [5.41, 5.74) is 0.633. The molecule has 0 saturated carbocycles. The Kier molecular flexibility index (Phi) is 5.16. The highest BCUT2D eigenvalue weighted by atomic mass is 35.5. The maximum absolute atomic E-state index is 13.2. The van der Waals surface area contributed by atoms with Gasteiger partial charge in [0.2, 0.25) is 0 Å². The first-order chi connectivity index (χ1) is 10.4. The zero-order chi connectivity index (χ0) is 16.3. The lowest BCUT2D eigenvalue weighted by atomic mass is 10.0. The second-order valence-electron chi connectivity index (χ2n) is 4.59. The predicted octanol–water partition coefficient (Wildman–Crippen LogP) is 4.42. The highest BCUT2D eigenvalue weighted by Crippen LogP contribution is 2.29. The van der Waals surface area contributed by atoms with Gasteiger partial charge in [0, 0.05) is 27.9 Å². The van der Waals surface area contributed by atoms with Crippen molar-refractivity contribution in [3.63, 3.8) is 0 Å². The molecule has 0 fully saturated rings. The fourth-order valence-electron chi connectivity index (χ4n) is 1.88. The molecule has 0 N–H and O–H groups in total. The van der Waals surface area contributed by atoms with E-state index in [0.717, 1.165) is 6.92 Å². The normalized spacial score (nSPS) is 11.8. The SMILES string of the molecule is CC(F)C(=O)N(Cl)c1ccc(Cl)cc1C(=O)c1ccccc1. The number of hydrogen-bond donors (Lipinski definition) is 0. The Morgan fingerprint density at radius 2 is 1.77 bits per heavy atom. The molecule has 114 valence electrons. The molecule has 0 aliphatic rings. The van der Waals surface area contributed by atoms with E-state index in [1.54, 1.807) is 30.3 Å². The van der Waals surface area contributed by atoms with Gasteiger partial charge in [0.1, 0.15) is 0 Å². The zero-order valence-corrected chi connectivity index (χ0v) is 13.1. The molecule has 3 nitrogen and oxygen atoms in total. The minimum atomic E-state index is -1.78. The number of rotatable bonds is 4. The molecule has 0 bridgehead atoms. The van der Waals surface area contributed by atoms with Crippen molar-refractivity contribution >= 4 is 40.8 Å². The lowest BCUT2D eigenvalue weighted by Crippen LogP contribution is -2.29. The van der Waals surface area contributed by atoms with Crippen LogP contribution in [0.3, 0.4) is 0 Å². The van der Waals surface area contributed by atoms with E-state index in [0.29, 0.717) is 15.0 Å². The number of anilines is 1. The molecule has 1 unspecified atom stereocenters. The Bertz CT molecular complexity index is 705. The van der Waals surface area contributed by atoms with Crippen LogP contribution in [0.5, 0.6) is 0 Å². The van der Waals surface area contributed by atoms with Gasteiger partial charge in [-0.2, -0.15) is 0 Å². The van der Waals surface area contributed by atoms with Gasteiger partial charge in [-0.25, -0.2) is 8.81 Å². The molecule has 22 heavy (non-hydrogen) atoms. The molecule has 0 aromatic heterocycles. The van der Waals surface area contributed by atoms with Gasteiger partial charge >= 0.3 is 0 Å². The van der Waals surface area contributed by atoms with Crippen LogP contribution in [-0.2, 0) is 4.79 Å². The molecule has 0 aliphatic carbocycles. The maximum atomic E-state index is 13.2. The zero-order valence-electron chi connectivity index (χ0n) is 11.6. The Morgan fingerprint density at radius 1 is 1.14 bits per heavy atom. The van der Waals surface area contributed by atoms with E-state index in [1.807, 2.05) is 0 Å². The Balaban J connectivity index is 2.49. The maximum Gasteiger partial charge on any atom is 0.275 e. The highest BCUT2D eigenvalue weighted by Gasteiger charge is 2.25. The van der Waals surface area contributed by atoms with Crippen LogP contribution in [0.4, 0.5) is 10.1 Å². The van der Waals surface area contributed by atoms with Crippen LogP contribution in [0, 0.1) is 0 Å². The molecule has 2 aromatic carbocycles. The van der Waals surface area contributed by atoms with Crippen LogP contribution >= 0.6 is 23.4 Å². The number of carbonyl (C=O) groups excluding carboxylic acids is 2. The molecule has 2 rings (SSSR count). The topological polar surface area (TPSA) is 37.4 Å². The van der Waals surface area contributed by atoms with Crippen molar-refractivity contribution in [2.24, 2.45) is 0 Å². The van der Waals surface area contributed by atoms with Gasteiger partial charge in [0.05, 0.1) is 5.69 Å². The number of alkyl halides is 1. The summed E-state index contributed by atoms with van der Waals surface area (Å²) < 4.78 is 13.8. The molecular weight excluding hydrogens is 328 g/mol. The number of nitrogens with zero attached hydrogens (tertiary/aromatic N) is 1. The fraction of sp³-hybridized carbons (Fsp3) is 0.125. The van der Waals surface area contributed by atoms with Crippen molar-refractivity contribution in [1.82, 2.24) is 0 Å². The number of halogens is 3. The molecule has 0 radical (unpaired) electrons. The van der Waals surface area contributed by atoms with E-state index in [-0.39, 0.29) is 17.0 Å². The molecule has 0 aliphatic heterocycles. The van der Waals surface area contributed by atoms with E-state index in [2.05, 4.69) is 0 Å². The van der Waals surface area contributed by atoms with Gasteiger partial charge in [0.25, 0.3) is 5.91 Å². The van der Waals surface area contributed by atoms with E-state index in [1.165, 1.54) is 18.2 Å². The molecule has 2 aromatic rings. The molecular formula is C16H12Cl2FNO2. The lowest BCUT2D eigenvalue weighted by Gasteiger charge is -2.18. The molecule has 6 heteroatoms. The van der Waals surface area contributed by atoms with Crippen molar-refractivity contribution in [3.8, 4) is 0 Å². The van der Waals surface area contributed by atoms with Crippen LogP contribution in [0.2, 0.25) is 5.02 Å². The summed E-state index contributed by atoms with van der Waals surface area (Å²) in [6, 6.07) is 12.7. The Hall–Kier alpha value is -1.91. The predicted molar refractivity (Wildman–Crippen MR) is 85.2 cm³/mol. The molecule has 1 amide bonds. The minimum Gasteiger partial charge on any atom is -0.289 e. The summed E-state index contributed by atoms with van der Waals surface area (Å²) in [5, 5.41) is 0.314. The van der Waals surface area contributed by atoms with Crippen molar-refractivity contribution in [2.45, 2.75) is 13.1 Å². The van der Waals surface area contributed by atoms with Crippen LogP contribution in [-0.4, -0.2) is 17.9 Å². The third kappa shape index (κ3) is 3.46. The third-order valence-corrected chi connectivity index (χ3v) is 3.57. The second kappa shape index (κ2) is 6.90. The van der Waals surface area contributed by atoms with Gasteiger partial charge < -0.3 is 0 Å². The van der Waals surface area contributed by atoms with E-state index in [4.69, 9.17) is 23.4 Å². The van der Waals surface area contributed by atoms with Crippen molar-refractivity contribution in [3.05, 3.63) is 64.7 Å². The van der Waals surface area contributed by atoms with Crippen LogP contribution < -0.4 is 4.42 Å². The van der Waals surface area contributed by atoms with E-state index in [9.17, 15) is 14.0 Å². The summed E-state index contributed by atoms with van der Waals surface area (Å²) in [6.07, 6.45) is -1.78. The minimum absolute atomic E-state index is 0.0921. The molecule has 1 atom stereocenters. The summed E-state index contributed by atoms with van der Waals surface area (Å²) in [5.74, 6) is -1.31. The summed E-state index contributed by atoms with van der Waals surface area (Å²) in [6.45, 7) is 1.08. The first kappa shape index (κ1) is 16.5. The van der Waals surface area contributed by atoms with Gasteiger partial charge in [-0.05, 0) is 25.1 Å².